The lowest BCUT2D eigenvalue weighted by Crippen LogP contribution is -2.32. The van der Waals surface area contributed by atoms with Crippen LogP contribution in [0, 0.1) is 0 Å². The van der Waals surface area contributed by atoms with Crippen molar-refractivity contribution in [3.63, 3.8) is 0 Å². The van der Waals surface area contributed by atoms with Crippen LogP contribution in [0.3, 0.4) is 0 Å². The van der Waals surface area contributed by atoms with Crippen LogP contribution in [-0.4, -0.2) is 38.6 Å². The van der Waals surface area contributed by atoms with Gasteiger partial charge in [-0.25, -0.2) is 4.68 Å². The Morgan fingerprint density at radius 1 is 1.31 bits per heavy atom. The maximum absolute atomic E-state index is 12.6. The van der Waals surface area contributed by atoms with Crippen molar-refractivity contribution < 1.29 is 4.79 Å². The summed E-state index contributed by atoms with van der Waals surface area (Å²) in [6, 6.07) is 11.1. The van der Waals surface area contributed by atoms with Crippen molar-refractivity contribution >= 4 is 23.3 Å². The first-order valence-electron chi connectivity index (χ1n) is 8.58. The van der Waals surface area contributed by atoms with Crippen LogP contribution < -0.4 is 10.6 Å². The van der Waals surface area contributed by atoms with Gasteiger partial charge >= 0.3 is 0 Å². The largest absolute Gasteiger partial charge is 0.315 e. The van der Waals surface area contributed by atoms with Gasteiger partial charge in [-0.15, -0.1) is 0 Å². The molecule has 134 valence electrons. The fourth-order valence-corrected chi connectivity index (χ4v) is 3.30. The molecule has 7 nitrogen and oxygen atoms in total. The molecule has 2 aromatic heterocycles. The minimum atomic E-state index is -0.267. The Labute approximate surface area is 156 Å². The van der Waals surface area contributed by atoms with Crippen molar-refractivity contribution in [1.82, 2.24) is 24.9 Å². The molecule has 1 fully saturated rings. The zero-order valence-corrected chi connectivity index (χ0v) is 14.9. The summed E-state index contributed by atoms with van der Waals surface area (Å²) in [4.78, 5) is 12.6. The second kappa shape index (κ2) is 7.31. The summed E-state index contributed by atoms with van der Waals surface area (Å²) < 4.78 is 3.50. The predicted octanol–water partition coefficient (Wildman–Crippen LogP) is 2.90. The molecule has 1 saturated heterocycles. The van der Waals surface area contributed by atoms with Crippen molar-refractivity contribution in [3.8, 4) is 5.69 Å². The van der Waals surface area contributed by atoms with Crippen LogP contribution in [0.1, 0.15) is 29.4 Å². The first-order chi connectivity index (χ1) is 12.7. The Bertz CT molecular complexity index is 912. The molecule has 3 heterocycles. The molecule has 8 heteroatoms. The molecular weight excluding hydrogens is 352 g/mol. The number of amides is 1. The average molecular weight is 371 g/mol. The molecule has 26 heavy (non-hydrogen) atoms. The molecule has 2 N–H and O–H groups in total. The summed E-state index contributed by atoms with van der Waals surface area (Å²) in [6.07, 6.45) is 5.67. The van der Waals surface area contributed by atoms with E-state index in [9.17, 15) is 4.79 Å². The number of benzene rings is 1. The van der Waals surface area contributed by atoms with Crippen molar-refractivity contribution in [2.45, 2.75) is 18.9 Å². The monoisotopic (exact) mass is 370 g/mol. The summed E-state index contributed by atoms with van der Waals surface area (Å²) in [5.74, 6) is 0.294. The maximum Gasteiger partial charge on any atom is 0.277 e. The summed E-state index contributed by atoms with van der Waals surface area (Å²) >= 11 is 6.05. The van der Waals surface area contributed by atoms with Gasteiger partial charge in [0.1, 0.15) is 5.82 Å². The second-order valence-electron chi connectivity index (χ2n) is 6.24. The zero-order valence-electron chi connectivity index (χ0n) is 14.1. The first kappa shape index (κ1) is 16.8. The van der Waals surface area contributed by atoms with E-state index in [1.165, 1.54) is 0 Å². The highest BCUT2D eigenvalue weighted by molar-refractivity contribution is 6.30. The van der Waals surface area contributed by atoms with E-state index in [4.69, 9.17) is 11.6 Å². The fourth-order valence-electron chi connectivity index (χ4n) is 3.11. The normalized spacial score (nSPS) is 17.2. The van der Waals surface area contributed by atoms with E-state index >= 15 is 0 Å². The van der Waals surface area contributed by atoms with E-state index in [0.717, 1.165) is 31.6 Å². The van der Waals surface area contributed by atoms with E-state index in [2.05, 4.69) is 20.8 Å². The Hall–Kier alpha value is -2.64. The van der Waals surface area contributed by atoms with E-state index in [1.54, 1.807) is 35.1 Å². The number of halogens is 1. The minimum absolute atomic E-state index is 0.267. The minimum Gasteiger partial charge on any atom is -0.315 e. The SMILES string of the molecule is O=C(Nc1ccnn1-c1cccc(Cl)c1)c1ccn(C2CCCNC2)n1. The highest BCUT2D eigenvalue weighted by Gasteiger charge is 2.18. The number of carbonyl (C=O) groups excluding carboxylic acids is 1. The third kappa shape index (κ3) is 3.49. The number of hydrogen-bond donors (Lipinski definition) is 2. The first-order valence-corrected chi connectivity index (χ1v) is 8.96. The smallest absolute Gasteiger partial charge is 0.277 e. The predicted molar refractivity (Wildman–Crippen MR) is 99.9 cm³/mol. The number of piperidine rings is 1. The summed E-state index contributed by atoms with van der Waals surface area (Å²) in [5, 5.41) is 15.5. The molecule has 0 radical (unpaired) electrons. The molecular formula is C18H19ClN6O. The summed E-state index contributed by atoms with van der Waals surface area (Å²) in [6.45, 7) is 1.92. The number of carbonyl (C=O) groups is 1. The van der Waals surface area contributed by atoms with Crippen LogP contribution in [0.2, 0.25) is 5.02 Å². The molecule has 1 aliphatic rings. The van der Waals surface area contributed by atoms with Gasteiger partial charge in [-0.05, 0) is 43.7 Å². The number of nitrogens with zero attached hydrogens (tertiary/aromatic N) is 4. The van der Waals surface area contributed by atoms with Crippen LogP contribution in [-0.2, 0) is 0 Å². The molecule has 0 spiro atoms. The molecule has 1 aliphatic heterocycles. The van der Waals surface area contributed by atoms with Crippen LogP contribution in [0.25, 0.3) is 5.69 Å². The van der Waals surface area contributed by atoms with Gasteiger partial charge in [0.25, 0.3) is 5.91 Å². The fraction of sp³-hybridized carbons (Fsp3) is 0.278. The quantitative estimate of drug-likeness (QED) is 0.740. The van der Waals surface area contributed by atoms with Gasteiger partial charge in [0.2, 0.25) is 0 Å². The standard InChI is InChI=1S/C18H19ClN6O/c19-13-3-1-4-14(11-13)25-17(6-9-21-25)22-18(26)16-7-10-24(23-16)15-5-2-8-20-12-15/h1,3-4,6-7,9-11,15,20H,2,5,8,12H2,(H,22,26). The van der Waals surface area contributed by atoms with Gasteiger partial charge in [0.05, 0.1) is 17.9 Å². The molecule has 1 amide bonds. The molecule has 0 saturated carbocycles. The van der Waals surface area contributed by atoms with Crippen LogP contribution >= 0.6 is 11.6 Å². The summed E-state index contributed by atoms with van der Waals surface area (Å²) in [5.41, 5.74) is 1.16. The van der Waals surface area contributed by atoms with Crippen molar-refractivity contribution in [2.75, 3.05) is 18.4 Å². The van der Waals surface area contributed by atoms with Gasteiger partial charge in [-0.3, -0.25) is 9.48 Å². The molecule has 1 atom stereocenters. The Balaban J connectivity index is 1.51. The van der Waals surface area contributed by atoms with E-state index in [1.807, 2.05) is 23.0 Å². The van der Waals surface area contributed by atoms with Crippen molar-refractivity contribution in [3.05, 3.63) is 59.5 Å². The van der Waals surface area contributed by atoms with Crippen molar-refractivity contribution in [2.24, 2.45) is 0 Å². The maximum atomic E-state index is 12.6. The zero-order chi connectivity index (χ0) is 17.9. The molecule has 0 bridgehead atoms. The lowest BCUT2D eigenvalue weighted by molar-refractivity contribution is 0.102. The van der Waals surface area contributed by atoms with Gasteiger partial charge in [-0.2, -0.15) is 10.2 Å². The molecule has 4 rings (SSSR count). The Morgan fingerprint density at radius 3 is 3.04 bits per heavy atom. The lowest BCUT2D eigenvalue weighted by Gasteiger charge is -2.22. The van der Waals surface area contributed by atoms with Gasteiger partial charge in [-0.1, -0.05) is 17.7 Å². The van der Waals surface area contributed by atoms with Gasteiger partial charge < -0.3 is 10.6 Å². The van der Waals surface area contributed by atoms with E-state index in [0.29, 0.717) is 22.6 Å². The Kier molecular flexibility index (Phi) is 4.73. The summed E-state index contributed by atoms with van der Waals surface area (Å²) in [7, 11) is 0. The van der Waals surface area contributed by atoms with Gasteiger partial charge in [0.15, 0.2) is 5.69 Å². The highest BCUT2D eigenvalue weighted by atomic mass is 35.5. The number of hydrogen-bond acceptors (Lipinski definition) is 4. The van der Waals surface area contributed by atoms with Gasteiger partial charge in [0, 0.05) is 23.8 Å². The number of aromatic nitrogens is 4. The third-order valence-corrected chi connectivity index (χ3v) is 4.66. The number of nitrogens with one attached hydrogen (secondary N) is 2. The molecule has 1 aromatic carbocycles. The average Bonchev–Trinajstić information content (AvgIpc) is 3.32. The van der Waals surface area contributed by atoms with Crippen LogP contribution in [0.5, 0.6) is 0 Å². The lowest BCUT2D eigenvalue weighted by atomic mass is 10.1. The highest BCUT2D eigenvalue weighted by Crippen LogP contribution is 2.20. The number of anilines is 1. The molecule has 0 aliphatic carbocycles. The topological polar surface area (TPSA) is 76.8 Å². The van der Waals surface area contributed by atoms with Crippen LogP contribution in [0.15, 0.2) is 48.8 Å². The molecule has 3 aromatic rings. The molecule has 1 unspecified atom stereocenters. The van der Waals surface area contributed by atoms with Crippen molar-refractivity contribution in [1.29, 1.82) is 0 Å². The third-order valence-electron chi connectivity index (χ3n) is 4.42. The Morgan fingerprint density at radius 2 is 2.23 bits per heavy atom. The van der Waals surface area contributed by atoms with Crippen LogP contribution in [0.4, 0.5) is 5.82 Å². The van der Waals surface area contributed by atoms with E-state index in [-0.39, 0.29) is 5.91 Å². The second-order valence-corrected chi connectivity index (χ2v) is 6.68. The van der Waals surface area contributed by atoms with E-state index < -0.39 is 0 Å². The number of rotatable bonds is 4.